The monoisotopic (exact) mass is 842 g/mol. The topological polar surface area (TPSA) is 378 Å². The van der Waals surface area contributed by atoms with Crippen molar-refractivity contribution in [1.82, 2.24) is 31.9 Å². The average Bonchev–Trinajstić information content (AvgIpc) is 3.13. The number of nitrogens with one attached hydrogen (secondary N) is 6. The van der Waals surface area contributed by atoms with Gasteiger partial charge in [0.05, 0.1) is 31.2 Å². The highest BCUT2D eigenvalue weighted by molar-refractivity contribution is 7.80. The molecule has 24 heteroatoms. The Labute approximate surface area is 335 Å². The fourth-order valence-electron chi connectivity index (χ4n) is 4.78. The van der Waals surface area contributed by atoms with Gasteiger partial charge < -0.3 is 57.4 Å². The van der Waals surface area contributed by atoms with Crippen LogP contribution in [0, 0.1) is 5.92 Å². The molecule has 0 radical (unpaired) electrons. The van der Waals surface area contributed by atoms with Gasteiger partial charge in [-0.15, -0.1) is 0 Å². The van der Waals surface area contributed by atoms with Crippen molar-refractivity contribution in [2.45, 2.75) is 82.5 Å². The van der Waals surface area contributed by atoms with Gasteiger partial charge in [0.2, 0.25) is 11.8 Å². The Bertz CT molecular complexity index is 1640. The minimum Gasteiger partial charge on any atom is -0.481 e. The molecule has 6 amide bonds. The third-order valence-electron chi connectivity index (χ3n) is 7.64. The Kier molecular flexibility index (Phi) is 25.5. The summed E-state index contributed by atoms with van der Waals surface area (Å²) in [6.07, 6.45) is -1.71. The summed E-state index contributed by atoms with van der Waals surface area (Å²) in [4.78, 5) is 135. The van der Waals surface area contributed by atoms with Gasteiger partial charge in [0.1, 0.15) is 12.1 Å². The van der Waals surface area contributed by atoms with Gasteiger partial charge >= 0.3 is 48.1 Å². The third kappa shape index (κ3) is 24.1. The molecule has 4 atom stereocenters. The normalized spacial score (nSPS) is 12.2. The molecule has 0 fully saturated rings. The number of rotatable bonds is 27. The van der Waals surface area contributed by atoms with Crippen LogP contribution in [0.1, 0.15) is 62.5 Å². The van der Waals surface area contributed by atoms with Crippen molar-refractivity contribution in [1.29, 1.82) is 0 Å². The van der Waals surface area contributed by atoms with E-state index >= 15 is 0 Å². The summed E-state index contributed by atoms with van der Waals surface area (Å²) in [5.74, 6) is -11.3. The maximum atomic E-state index is 13.0. The number of thiol groups is 1. The third-order valence-corrected chi connectivity index (χ3v) is 8.01. The van der Waals surface area contributed by atoms with Crippen LogP contribution in [0.15, 0.2) is 24.3 Å². The number of aliphatic carboxylic acids is 5. The molecule has 58 heavy (non-hydrogen) atoms. The zero-order valence-electron chi connectivity index (χ0n) is 30.9. The molecule has 320 valence electrons. The number of hydrogen-bond donors (Lipinski definition) is 12. The molecule has 23 nitrogen and oxygen atoms in total. The fourth-order valence-corrected chi connectivity index (χ4v) is 5.03. The summed E-state index contributed by atoms with van der Waals surface area (Å²) < 4.78 is 0. The molecular formula is C34H46N6O17S. The van der Waals surface area contributed by atoms with Gasteiger partial charge in [0.25, 0.3) is 0 Å². The molecule has 0 aliphatic heterocycles. The first-order valence-electron chi connectivity index (χ1n) is 17.3. The van der Waals surface area contributed by atoms with Crippen molar-refractivity contribution in [2.24, 2.45) is 5.92 Å². The molecule has 0 unspecified atom stereocenters. The van der Waals surface area contributed by atoms with Crippen molar-refractivity contribution >= 4 is 78.3 Å². The smallest absolute Gasteiger partial charge is 0.373 e. The SMILES string of the molecule is O=C(O)CCCNC(=O)N[C@@H](CCCCNC(=O)NCc1ccc(CC(=O)N[C@@H](CC(=O)O)C(=O)C[C@@H](CC(=O)O)C(=O)N[C@H](CS)C(=O)O)cc1)C(=O)O.O=C=O. The van der Waals surface area contributed by atoms with E-state index in [1.165, 1.54) is 0 Å². The summed E-state index contributed by atoms with van der Waals surface area (Å²) in [5.41, 5.74) is 1.09. The number of amides is 6. The fraction of sp³-hybridized carbons (Fsp3) is 0.500. The van der Waals surface area contributed by atoms with Crippen LogP contribution < -0.4 is 31.9 Å². The van der Waals surface area contributed by atoms with Crippen LogP contribution in [0.4, 0.5) is 9.59 Å². The summed E-state index contributed by atoms with van der Waals surface area (Å²) in [7, 11) is 0. The highest BCUT2D eigenvalue weighted by atomic mass is 32.1. The molecule has 0 aliphatic rings. The minimum atomic E-state index is -1.62. The molecule has 11 N–H and O–H groups in total. The number of benzene rings is 1. The number of carboxylic acid groups (broad SMARTS) is 5. The molecule has 0 saturated carbocycles. The molecular weight excluding hydrogens is 796 g/mol. The van der Waals surface area contributed by atoms with Crippen LogP contribution in [0.3, 0.4) is 0 Å². The van der Waals surface area contributed by atoms with Gasteiger partial charge in [-0.25, -0.2) is 19.2 Å². The van der Waals surface area contributed by atoms with E-state index in [2.05, 4.69) is 44.5 Å². The lowest BCUT2D eigenvalue weighted by Crippen LogP contribution is -2.47. The summed E-state index contributed by atoms with van der Waals surface area (Å²) in [6.45, 7) is 0.356. The largest absolute Gasteiger partial charge is 0.481 e. The van der Waals surface area contributed by atoms with Crippen LogP contribution in [0.2, 0.25) is 0 Å². The highest BCUT2D eigenvalue weighted by Gasteiger charge is 2.32. The maximum Gasteiger partial charge on any atom is 0.373 e. The van der Waals surface area contributed by atoms with Gasteiger partial charge in [-0.2, -0.15) is 22.2 Å². The van der Waals surface area contributed by atoms with Gasteiger partial charge in [-0.05, 0) is 36.8 Å². The number of carboxylic acids is 5. The zero-order valence-corrected chi connectivity index (χ0v) is 31.8. The number of carbonyl (C=O) groups excluding carboxylic acids is 7. The van der Waals surface area contributed by atoms with Gasteiger partial charge in [0, 0.05) is 38.2 Å². The Morgan fingerprint density at radius 1 is 0.603 bits per heavy atom. The van der Waals surface area contributed by atoms with E-state index in [4.69, 9.17) is 19.8 Å². The lowest BCUT2D eigenvalue weighted by Gasteiger charge is -2.21. The number of hydrogen-bond acceptors (Lipinski definition) is 13. The first kappa shape index (κ1) is 51.5. The first-order valence-corrected chi connectivity index (χ1v) is 17.9. The van der Waals surface area contributed by atoms with E-state index in [0.717, 1.165) is 0 Å². The van der Waals surface area contributed by atoms with E-state index in [1.54, 1.807) is 24.3 Å². The predicted molar refractivity (Wildman–Crippen MR) is 197 cm³/mol. The van der Waals surface area contributed by atoms with Crippen molar-refractivity contribution in [3.8, 4) is 0 Å². The van der Waals surface area contributed by atoms with E-state index in [9.17, 15) is 63.3 Å². The molecule has 1 aromatic carbocycles. The average molecular weight is 843 g/mol. The molecule has 0 saturated heterocycles. The Morgan fingerprint density at radius 3 is 1.69 bits per heavy atom. The lowest BCUT2D eigenvalue weighted by molar-refractivity contribution is -0.192. The second kappa shape index (κ2) is 28.8. The Balaban J connectivity index is 0.0000105. The number of carbonyl (C=O) groups is 10. The minimum absolute atomic E-state index is 0.0642. The van der Waals surface area contributed by atoms with Crippen molar-refractivity contribution in [3.63, 3.8) is 0 Å². The Hall–Kier alpha value is -6.55. The van der Waals surface area contributed by atoms with Crippen molar-refractivity contribution < 1.29 is 83.1 Å². The number of urea groups is 2. The van der Waals surface area contributed by atoms with Crippen LogP contribution in [-0.4, -0.2) is 128 Å². The van der Waals surface area contributed by atoms with Crippen LogP contribution in [-0.2, 0) is 60.9 Å². The summed E-state index contributed by atoms with van der Waals surface area (Å²) in [6, 6.07) is 0.787. The van der Waals surface area contributed by atoms with Crippen molar-refractivity contribution in [2.75, 3.05) is 18.8 Å². The quantitative estimate of drug-likeness (QED) is 0.0363. The van der Waals surface area contributed by atoms with Crippen LogP contribution in [0.25, 0.3) is 0 Å². The van der Waals surface area contributed by atoms with E-state index in [1.807, 2.05) is 0 Å². The van der Waals surface area contributed by atoms with E-state index in [0.29, 0.717) is 24.0 Å². The number of Topliss-reactive ketones (excluding diaryl/α,β-unsaturated/α-hetero) is 1. The standard InChI is InChI=1S/C33H46N6O15S.CO2/c40-24(13-20(14-27(44)45)29(48)38-23(17-55)31(51)52)22(15-28(46)47)37-25(41)12-18-6-8-19(9-7-18)16-36-32(53)34-10-2-1-4-21(30(49)50)39-33(54)35-11-3-5-26(42)43;2-1-3/h6-9,20-23,55H,1-5,10-17H2,(H,37,41)(H,38,48)(H,42,43)(H,44,45)(H,46,47)(H,49,50)(H,51,52)(H2,34,36,53)(H2,35,39,54);/t20-,21-,22-,23+;/m0./s1. The zero-order chi connectivity index (χ0) is 44.2. The van der Waals surface area contributed by atoms with Gasteiger partial charge in [-0.1, -0.05) is 24.3 Å². The van der Waals surface area contributed by atoms with E-state index in [-0.39, 0.29) is 57.2 Å². The lowest BCUT2D eigenvalue weighted by atomic mass is 9.93. The molecule has 0 aliphatic carbocycles. The van der Waals surface area contributed by atoms with Crippen LogP contribution in [0.5, 0.6) is 0 Å². The molecule has 0 heterocycles. The molecule has 1 rings (SSSR count). The molecule has 0 spiro atoms. The second-order valence-corrected chi connectivity index (χ2v) is 12.6. The first-order chi connectivity index (χ1) is 27.3. The predicted octanol–water partition coefficient (Wildman–Crippen LogP) is -1.26. The van der Waals surface area contributed by atoms with Crippen LogP contribution >= 0.6 is 12.6 Å². The number of ketones is 1. The number of unbranched alkanes of at least 4 members (excludes halogenated alkanes) is 1. The maximum absolute atomic E-state index is 13.0. The highest BCUT2D eigenvalue weighted by Crippen LogP contribution is 2.14. The van der Waals surface area contributed by atoms with E-state index < -0.39 is 103 Å². The summed E-state index contributed by atoms with van der Waals surface area (Å²) >= 11 is 3.81. The molecule has 0 aromatic heterocycles. The van der Waals surface area contributed by atoms with Crippen molar-refractivity contribution in [3.05, 3.63) is 35.4 Å². The van der Waals surface area contributed by atoms with Gasteiger partial charge in [0.15, 0.2) is 5.78 Å². The van der Waals surface area contributed by atoms with Gasteiger partial charge in [-0.3, -0.25) is 28.8 Å². The molecule has 1 aromatic rings. The summed E-state index contributed by atoms with van der Waals surface area (Å²) in [5, 5.41) is 59.9. The molecule has 0 bridgehead atoms. The Morgan fingerprint density at radius 2 is 1.16 bits per heavy atom. The second-order valence-electron chi connectivity index (χ2n) is 12.2.